The van der Waals surface area contributed by atoms with Gasteiger partial charge in [0.1, 0.15) is 18.1 Å². The Hall–Kier alpha value is -6.48. The molecule has 0 unspecified atom stereocenters. The number of esters is 6. The molecule has 0 saturated carbocycles. The molecule has 1 aliphatic rings. The molecule has 27 nitrogen and oxygen atoms in total. The Morgan fingerprint density at radius 1 is 0.296 bits per heavy atom. The van der Waals surface area contributed by atoms with Crippen molar-refractivity contribution in [3.63, 3.8) is 0 Å². The first-order valence-electron chi connectivity index (χ1n) is 27.0. The normalized spacial score (nSPS) is 28.7. The molecule has 12 atom stereocenters. The highest BCUT2D eigenvalue weighted by Gasteiger charge is 2.46. The van der Waals surface area contributed by atoms with E-state index in [-0.39, 0.29) is 0 Å². The largest absolute Gasteiger partial charge is 0.451 e. The minimum atomic E-state index is -2.11. The van der Waals surface area contributed by atoms with Gasteiger partial charge in [-0.05, 0) is 97.8 Å². The van der Waals surface area contributed by atoms with Gasteiger partial charge in [-0.1, -0.05) is 83.1 Å². The number of hydrogen-bond donors (Lipinski definition) is 9. The predicted molar refractivity (Wildman–Crippen MR) is 286 cm³/mol. The smallest absolute Gasteiger partial charge is 0.332 e. The van der Waals surface area contributed by atoms with Crippen LogP contribution in [0.5, 0.6) is 0 Å². The Kier molecular flexibility index (Phi) is 26.9. The van der Waals surface area contributed by atoms with Gasteiger partial charge in [0.05, 0.1) is 16.8 Å². The third-order valence-corrected chi connectivity index (χ3v) is 12.6. The lowest BCUT2D eigenvalue weighted by atomic mass is 9.97. The molecule has 0 aromatic heterocycles. The lowest BCUT2D eigenvalue weighted by Gasteiger charge is -2.33. The first kappa shape index (κ1) is 72.5. The van der Waals surface area contributed by atoms with E-state index in [2.05, 4.69) is 31.9 Å². The van der Waals surface area contributed by atoms with Crippen LogP contribution in [0.15, 0.2) is 0 Å². The number of amides is 6. The first-order chi connectivity index (χ1) is 36.8. The van der Waals surface area contributed by atoms with Gasteiger partial charge in [0, 0.05) is 0 Å². The van der Waals surface area contributed by atoms with Crippen molar-refractivity contribution >= 4 is 71.3 Å². The van der Waals surface area contributed by atoms with Crippen molar-refractivity contribution in [2.75, 3.05) is 0 Å². The summed E-state index contributed by atoms with van der Waals surface area (Å²) in [7, 11) is 0. The van der Waals surface area contributed by atoms with Crippen molar-refractivity contribution in [2.24, 2.45) is 35.5 Å². The summed E-state index contributed by atoms with van der Waals surface area (Å²) in [6, 6.07) is -10.4. The maximum Gasteiger partial charge on any atom is 0.332 e. The van der Waals surface area contributed by atoms with E-state index in [1.54, 1.807) is 0 Å². The van der Waals surface area contributed by atoms with Crippen LogP contribution in [0.25, 0.3) is 0 Å². The maximum atomic E-state index is 13.9. The van der Waals surface area contributed by atoms with Crippen molar-refractivity contribution in [1.82, 2.24) is 31.9 Å². The Balaban J connectivity index is 3.98. The summed E-state index contributed by atoms with van der Waals surface area (Å²) in [6.07, 6.45) is -10.3. The highest BCUT2D eigenvalue weighted by atomic mass is 16.6. The molecule has 1 rings (SSSR count). The second kappa shape index (κ2) is 30.0. The van der Waals surface area contributed by atoms with Crippen LogP contribution < -0.4 is 31.9 Å². The highest BCUT2D eigenvalue weighted by Crippen LogP contribution is 2.21. The molecule has 0 aliphatic carbocycles. The van der Waals surface area contributed by atoms with Crippen LogP contribution in [0.1, 0.15) is 145 Å². The summed E-state index contributed by atoms with van der Waals surface area (Å²) in [5, 5.41) is 47.4. The molecule has 0 bridgehead atoms. The van der Waals surface area contributed by atoms with Gasteiger partial charge in [-0.15, -0.1) is 0 Å². The van der Waals surface area contributed by atoms with Crippen LogP contribution >= 0.6 is 0 Å². The van der Waals surface area contributed by atoms with Gasteiger partial charge in [-0.2, -0.15) is 0 Å². The summed E-state index contributed by atoms with van der Waals surface area (Å²) in [4.78, 5) is 165. The molecule has 0 aromatic carbocycles. The Morgan fingerprint density at radius 3 is 0.630 bits per heavy atom. The van der Waals surface area contributed by atoms with Gasteiger partial charge in [0.15, 0.2) is 54.7 Å². The SMILES string of the molecule is CC(C)[C@H]1NC(=O)[C@@H](C(C)C)OC(=O)[C@H](C(C)(C)O)NC(=O)[C@H](C)OC(=O)[C@@H](C(C)C)NC(=O)[C@@H](C(C)C)OC(=O)[C@H](C(C)(C)O)NC(=O)[C@H](C)OC(=O)[C@@H](C(C)C)NC(=O)[C@@H](C(C)C)OC(=O)[C@H](C(C)(C)O)NC(=O)[C@H](C)OC1=O. The van der Waals surface area contributed by atoms with Crippen molar-refractivity contribution in [1.29, 1.82) is 0 Å². The van der Waals surface area contributed by atoms with Crippen LogP contribution in [0.3, 0.4) is 0 Å². The zero-order valence-corrected chi connectivity index (χ0v) is 50.6. The molecule has 462 valence electrons. The second-order valence-corrected chi connectivity index (χ2v) is 24.0. The van der Waals surface area contributed by atoms with E-state index < -0.39 is 196 Å². The zero-order chi connectivity index (χ0) is 63.3. The topological polar surface area (TPSA) is 393 Å². The minimum Gasteiger partial charge on any atom is -0.451 e. The van der Waals surface area contributed by atoms with E-state index in [0.717, 1.165) is 62.3 Å². The lowest BCUT2D eigenvalue weighted by Crippen LogP contribution is -2.60. The summed E-state index contributed by atoms with van der Waals surface area (Å²) < 4.78 is 32.9. The fourth-order valence-electron chi connectivity index (χ4n) is 7.51. The standard InChI is InChI=1S/C54H90N6O21/c1-22(2)31-46(67)76-28(13)40(61)58-38(53(18,19)74)50(71)80-35(26(9)10)44(65)56-33(24(5)6)48(69)78-30(15)42(63)60-39(54(20,21)75)51(72)81-36(27(11)12)45(66)57-32(23(3)4)47(68)77-29(14)41(62)59-37(52(16,17)73)49(70)79-34(25(7)8)43(64)55-31/h22-39,73-75H,1-21H3,(H,55,64)(H,56,65)(H,57,66)(H,58,61)(H,59,62)(H,60,63)/t28-,29-,30-,31+,32+,33+,34+,35+,36+,37+,38+,39+/m0/s1. The van der Waals surface area contributed by atoms with Crippen LogP contribution in [0.4, 0.5) is 0 Å². The van der Waals surface area contributed by atoms with Gasteiger partial charge in [0.2, 0.25) is 0 Å². The molecule has 1 fully saturated rings. The molecular formula is C54H90N6O21. The van der Waals surface area contributed by atoms with E-state index in [1.165, 1.54) is 83.1 Å². The fourth-order valence-corrected chi connectivity index (χ4v) is 7.51. The molecule has 1 saturated heterocycles. The van der Waals surface area contributed by atoms with Gasteiger partial charge in [-0.25, -0.2) is 28.8 Å². The van der Waals surface area contributed by atoms with Crippen molar-refractivity contribution in [3.8, 4) is 0 Å². The molecule has 81 heavy (non-hydrogen) atoms. The Labute approximate surface area is 473 Å². The molecule has 0 spiro atoms. The predicted octanol–water partition coefficient (Wildman–Crippen LogP) is -0.312. The minimum absolute atomic E-state index is 0.748. The first-order valence-corrected chi connectivity index (χ1v) is 27.0. The van der Waals surface area contributed by atoms with Crippen molar-refractivity contribution in [3.05, 3.63) is 0 Å². The number of nitrogens with one attached hydrogen (secondary N) is 6. The van der Waals surface area contributed by atoms with Crippen LogP contribution in [-0.2, 0) is 86.0 Å². The molecule has 9 N–H and O–H groups in total. The van der Waals surface area contributed by atoms with Gasteiger partial charge in [-0.3, -0.25) is 28.8 Å². The summed E-state index contributed by atoms with van der Waals surface area (Å²) in [5.74, 6) is -18.8. The van der Waals surface area contributed by atoms with Crippen molar-refractivity contribution < 1.29 is 101 Å². The summed E-state index contributed by atoms with van der Waals surface area (Å²) >= 11 is 0. The molecule has 1 heterocycles. The third kappa shape index (κ3) is 21.7. The monoisotopic (exact) mass is 1160 g/mol. The summed E-state index contributed by atoms with van der Waals surface area (Å²) in [6.45, 7) is 28.1. The number of ether oxygens (including phenoxy) is 6. The third-order valence-electron chi connectivity index (χ3n) is 12.6. The number of hydrogen-bond acceptors (Lipinski definition) is 21. The number of aliphatic hydroxyl groups is 3. The zero-order valence-electron chi connectivity index (χ0n) is 50.6. The van der Waals surface area contributed by atoms with Crippen LogP contribution in [0, 0.1) is 35.5 Å². The number of cyclic esters (lactones) is 6. The maximum absolute atomic E-state index is 13.9. The van der Waals surface area contributed by atoms with Gasteiger partial charge >= 0.3 is 35.8 Å². The second-order valence-electron chi connectivity index (χ2n) is 24.0. The fraction of sp³-hybridized carbons (Fsp3) is 0.778. The summed E-state index contributed by atoms with van der Waals surface area (Å²) in [5.41, 5.74) is -6.33. The van der Waals surface area contributed by atoms with E-state index >= 15 is 0 Å². The van der Waals surface area contributed by atoms with Gasteiger partial charge in [0.25, 0.3) is 35.4 Å². The lowest BCUT2D eigenvalue weighted by molar-refractivity contribution is -0.170. The molecule has 27 heteroatoms. The number of carbonyl (C=O) groups excluding carboxylic acids is 12. The molecule has 6 amide bonds. The highest BCUT2D eigenvalue weighted by molar-refractivity contribution is 5.96. The van der Waals surface area contributed by atoms with Crippen LogP contribution in [-0.4, -0.2) is 176 Å². The molecular weight excluding hydrogens is 1070 g/mol. The molecule has 0 radical (unpaired) electrons. The van der Waals surface area contributed by atoms with E-state index in [9.17, 15) is 72.9 Å². The van der Waals surface area contributed by atoms with Gasteiger partial charge < -0.3 is 75.6 Å². The number of rotatable bonds is 9. The Morgan fingerprint density at radius 2 is 0.481 bits per heavy atom. The Bertz CT molecular complexity index is 2030. The van der Waals surface area contributed by atoms with Crippen LogP contribution in [0.2, 0.25) is 0 Å². The number of carbonyl (C=O) groups is 12. The quantitative estimate of drug-likeness (QED) is 0.106. The van der Waals surface area contributed by atoms with E-state index in [1.807, 2.05) is 0 Å². The average Bonchev–Trinajstić information content (AvgIpc) is 3.31. The van der Waals surface area contributed by atoms with Crippen molar-refractivity contribution in [2.45, 2.75) is 235 Å². The van der Waals surface area contributed by atoms with E-state index in [0.29, 0.717) is 0 Å². The van der Waals surface area contributed by atoms with E-state index in [4.69, 9.17) is 28.4 Å². The average molecular weight is 1160 g/mol. The molecule has 0 aromatic rings. The molecule has 1 aliphatic heterocycles.